The Labute approximate surface area is 174 Å². The second-order valence-corrected chi connectivity index (χ2v) is 7.98. The number of benzene rings is 2. The fourth-order valence-electron chi connectivity index (χ4n) is 3.77. The predicted molar refractivity (Wildman–Crippen MR) is 116 cm³/mol. The molecular formula is C24H33NO4. The van der Waals surface area contributed by atoms with Crippen molar-refractivity contribution in [2.24, 2.45) is 0 Å². The van der Waals surface area contributed by atoms with Crippen LogP contribution in [0.2, 0.25) is 0 Å². The van der Waals surface area contributed by atoms with Crippen molar-refractivity contribution in [3.8, 4) is 23.0 Å². The molecule has 2 aromatic rings. The lowest BCUT2D eigenvalue weighted by atomic mass is 9.89. The van der Waals surface area contributed by atoms with E-state index in [1.54, 1.807) is 14.2 Å². The van der Waals surface area contributed by atoms with Crippen LogP contribution < -0.4 is 24.3 Å². The summed E-state index contributed by atoms with van der Waals surface area (Å²) >= 11 is 0. The zero-order valence-electron chi connectivity index (χ0n) is 18.4. The molecule has 1 aliphatic rings. The molecule has 0 bridgehead atoms. The van der Waals surface area contributed by atoms with Crippen LogP contribution in [-0.2, 0) is 12.8 Å². The number of methoxy groups -OCH3 is 2. The van der Waals surface area contributed by atoms with Gasteiger partial charge in [-0.2, -0.15) is 0 Å². The number of rotatable bonds is 8. The van der Waals surface area contributed by atoms with Gasteiger partial charge in [-0.25, -0.2) is 0 Å². The van der Waals surface area contributed by atoms with Gasteiger partial charge >= 0.3 is 0 Å². The largest absolute Gasteiger partial charge is 0.493 e. The highest BCUT2D eigenvalue weighted by Crippen LogP contribution is 2.38. The molecule has 2 aromatic carbocycles. The molecule has 0 spiro atoms. The second-order valence-electron chi connectivity index (χ2n) is 7.98. The fourth-order valence-corrected chi connectivity index (χ4v) is 3.77. The van der Waals surface area contributed by atoms with E-state index in [-0.39, 0.29) is 18.2 Å². The number of hydrogen-bond acceptors (Lipinski definition) is 5. The molecule has 1 heterocycles. The van der Waals surface area contributed by atoms with Gasteiger partial charge in [0.1, 0.15) is 0 Å². The van der Waals surface area contributed by atoms with Gasteiger partial charge in [-0.15, -0.1) is 0 Å². The second kappa shape index (κ2) is 9.40. The summed E-state index contributed by atoms with van der Waals surface area (Å²) in [7, 11) is 3.37. The molecule has 29 heavy (non-hydrogen) atoms. The molecule has 1 N–H and O–H groups in total. The van der Waals surface area contributed by atoms with Crippen molar-refractivity contribution >= 4 is 0 Å². The van der Waals surface area contributed by atoms with Crippen LogP contribution in [-0.4, -0.2) is 33.0 Å². The molecule has 1 aliphatic heterocycles. The maximum Gasteiger partial charge on any atom is 0.161 e. The first-order valence-corrected chi connectivity index (χ1v) is 10.4. The van der Waals surface area contributed by atoms with E-state index in [2.05, 4.69) is 29.6 Å². The minimum absolute atomic E-state index is 0.0919. The quantitative estimate of drug-likeness (QED) is 0.697. The normalized spacial score (nSPS) is 15.9. The standard InChI is InChI=1S/C24H33NO4/c1-15(2)28-23-12-17(7-8-21(23)26-5)11-20-19-14-24(29-16(3)4)22(27-6)13-18(19)9-10-25-20/h7-8,12-16,20,25H,9-11H2,1-6H3. The predicted octanol–water partition coefficient (Wildman–Crippen LogP) is 4.71. The van der Waals surface area contributed by atoms with Crippen LogP contribution in [0.5, 0.6) is 23.0 Å². The third-order valence-corrected chi connectivity index (χ3v) is 4.98. The molecule has 0 fully saturated rings. The molecular weight excluding hydrogens is 366 g/mol. The summed E-state index contributed by atoms with van der Waals surface area (Å²) in [6, 6.07) is 10.7. The molecule has 0 amide bonds. The van der Waals surface area contributed by atoms with E-state index in [0.29, 0.717) is 0 Å². The SMILES string of the molecule is COc1ccc(CC2NCCc3cc(OC)c(OC(C)C)cc32)cc1OC(C)C. The number of hydrogen-bond donors (Lipinski definition) is 1. The lowest BCUT2D eigenvalue weighted by Crippen LogP contribution is -2.31. The van der Waals surface area contributed by atoms with E-state index in [4.69, 9.17) is 18.9 Å². The first kappa shape index (κ1) is 21.3. The summed E-state index contributed by atoms with van der Waals surface area (Å²) in [6.45, 7) is 9.05. The van der Waals surface area contributed by atoms with Gasteiger partial charge in [0.2, 0.25) is 0 Å². The average Bonchev–Trinajstić information content (AvgIpc) is 2.67. The molecule has 0 saturated heterocycles. The van der Waals surface area contributed by atoms with Gasteiger partial charge in [0.05, 0.1) is 26.4 Å². The minimum atomic E-state index is 0.0919. The Kier molecular flexibility index (Phi) is 6.91. The third kappa shape index (κ3) is 5.15. The molecule has 3 rings (SSSR count). The van der Waals surface area contributed by atoms with Crippen LogP contribution in [0.25, 0.3) is 0 Å². The first-order valence-electron chi connectivity index (χ1n) is 10.4. The van der Waals surface area contributed by atoms with E-state index in [1.807, 2.05) is 33.8 Å². The molecule has 1 atom stereocenters. The fraction of sp³-hybridized carbons (Fsp3) is 0.500. The van der Waals surface area contributed by atoms with Crippen LogP contribution in [0, 0.1) is 0 Å². The maximum absolute atomic E-state index is 6.00. The highest BCUT2D eigenvalue weighted by molar-refractivity contribution is 5.50. The van der Waals surface area contributed by atoms with Gasteiger partial charge in [-0.1, -0.05) is 6.07 Å². The van der Waals surface area contributed by atoms with Crippen molar-refractivity contribution in [1.29, 1.82) is 0 Å². The van der Waals surface area contributed by atoms with Gasteiger partial charge in [-0.05, 0) is 88.0 Å². The maximum atomic E-state index is 6.00. The molecule has 5 nitrogen and oxygen atoms in total. The van der Waals surface area contributed by atoms with E-state index in [0.717, 1.165) is 42.4 Å². The summed E-state index contributed by atoms with van der Waals surface area (Å²) in [5, 5.41) is 3.66. The van der Waals surface area contributed by atoms with Crippen LogP contribution >= 0.6 is 0 Å². The monoisotopic (exact) mass is 399 g/mol. The number of ether oxygens (including phenoxy) is 4. The number of fused-ring (bicyclic) bond motifs is 1. The van der Waals surface area contributed by atoms with Crippen molar-refractivity contribution in [2.75, 3.05) is 20.8 Å². The van der Waals surface area contributed by atoms with Crippen LogP contribution in [0.4, 0.5) is 0 Å². The third-order valence-electron chi connectivity index (χ3n) is 4.98. The zero-order valence-corrected chi connectivity index (χ0v) is 18.4. The van der Waals surface area contributed by atoms with E-state index >= 15 is 0 Å². The molecule has 1 unspecified atom stereocenters. The Morgan fingerprint density at radius 3 is 2.14 bits per heavy atom. The highest BCUT2D eigenvalue weighted by Gasteiger charge is 2.24. The topological polar surface area (TPSA) is 49.0 Å². The summed E-state index contributed by atoms with van der Waals surface area (Å²) in [4.78, 5) is 0. The molecule has 158 valence electrons. The molecule has 0 aromatic heterocycles. The minimum Gasteiger partial charge on any atom is -0.493 e. The molecule has 0 saturated carbocycles. The van der Waals surface area contributed by atoms with Gasteiger partial charge in [0.25, 0.3) is 0 Å². The Morgan fingerprint density at radius 1 is 0.862 bits per heavy atom. The van der Waals surface area contributed by atoms with Crippen molar-refractivity contribution < 1.29 is 18.9 Å². The summed E-state index contributed by atoms with van der Waals surface area (Å²) < 4.78 is 23.0. The van der Waals surface area contributed by atoms with Crippen LogP contribution in [0.15, 0.2) is 30.3 Å². The lowest BCUT2D eigenvalue weighted by Gasteiger charge is -2.29. The van der Waals surface area contributed by atoms with Gasteiger partial charge in [0.15, 0.2) is 23.0 Å². The van der Waals surface area contributed by atoms with E-state index in [1.165, 1.54) is 16.7 Å². The summed E-state index contributed by atoms with van der Waals surface area (Å²) in [5.74, 6) is 3.15. The highest BCUT2D eigenvalue weighted by atomic mass is 16.5. The van der Waals surface area contributed by atoms with Crippen LogP contribution in [0.1, 0.15) is 50.4 Å². The molecule has 0 aliphatic carbocycles. The lowest BCUT2D eigenvalue weighted by molar-refractivity contribution is 0.229. The Bertz CT molecular complexity index is 832. The molecule has 0 radical (unpaired) electrons. The van der Waals surface area contributed by atoms with Crippen molar-refractivity contribution in [3.05, 3.63) is 47.0 Å². The average molecular weight is 400 g/mol. The van der Waals surface area contributed by atoms with Crippen molar-refractivity contribution in [3.63, 3.8) is 0 Å². The van der Waals surface area contributed by atoms with Gasteiger partial charge < -0.3 is 24.3 Å². The van der Waals surface area contributed by atoms with Crippen LogP contribution in [0.3, 0.4) is 0 Å². The first-order chi connectivity index (χ1) is 13.9. The van der Waals surface area contributed by atoms with Gasteiger partial charge in [0, 0.05) is 6.04 Å². The Balaban J connectivity index is 1.90. The number of nitrogens with one attached hydrogen (secondary N) is 1. The summed E-state index contributed by atoms with van der Waals surface area (Å²) in [5.41, 5.74) is 3.79. The van der Waals surface area contributed by atoms with Crippen molar-refractivity contribution in [2.45, 2.75) is 58.8 Å². The Hall–Kier alpha value is -2.40. The summed E-state index contributed by atoms with van der Waals surface area (Å²) in [6.07, 6.45) is 2.03. The molecule has 5 heteroatoms. The van der Waals surface area contributed by atoms with Crippen molar-refractivity contribution in [1.82, 2.24) is 5.32 Å². The van der Waals surface area contributed by atoms with E-state index < -0.39 is 0 Å². The van der Waals surface area contributed by atoms with E-state index in [9.17, 15) is 0 Å². The Morgan fingerprint density at radius 2 is 1.52 bits per heavy atom. The van der Waals surface area contributed by atoms with Gasteiger partial charge in [-0.3, -0.25) is 0 Å². The zero-order chi connectivity index (χ0) is 21.0. The smallest absolute Gasteiger partial charge is 0.161 e.